The van der Waals surface area contributed by atoms with Crippen molar-refractivity contribution < 1.29 is 26.7 Å². The molecule has 2 unspecified atom stereocenters. The summed E-state index contributed by atoms with van der Waals surface area (Å²) in [6.45, 7) is 8.02. The van der Waals surface area contributed by atoms with Crippen LogP contribution in [-0.2, 0) is 17.5 Å². The van der Waals surface area contributed by atoms with E-state index in [9.17, 15) is 36.3 Å². The molecule has 2 aliphatic heterocycles. The lowest BCUT2D eigenvalue weighted by atomic mass is 9.87. The number of aryl methyl sites for hydroxylation is 1. The minimum absolute atomic E-state index is 0.0532. The topological polar surface area (TPSA) is 91.3 Å². The molecule has 0 bridgehead atoms. The molecule has 246 valence electrons. The van der Waals surface area contributed by atoms with Crippen molar-refractivity contribution >= 4 is 40.0 Å². The van der Waals surface area contributed by atoms with Gasteiger partial charge < -0.3 is 14.8 Å². The van der Waals surface area contributed by atoms with Crippen LogP contribution in [-0.4, -0.2) is 62.2 Å². The molecule has 1 aromatic carbocycles. The minimum atomic E-state index is -4.76. The van der Waals surface area contributed by atoms with E-state index in [1.54, 1.807) is 28.1 Å². The second-order valence-corrected chi connectivity index (χ2v) is 12.8. The molecule has 3 aromatic rings. The number of rotatable bonds is 3. The average Bonchev–Trinajstić information content (AvgIpc) is 3.22. The number of piperazine rings is 1. The Morgan fingerprint density at radius 3 is 2.43 bits per heavy atom. The van der Waals surface area contributed by atoms with Gasteiger partial charge in [-0.1, -0.05) is 18.7 Å². The van der Waals surface area contributed by atoms with E-state index in [0.717, 1.165) is 6.07 Å². The van der Waals surface area contributed by atoms with Crippen LogP contribution in [0.15, 0.2) is 63.7 Å². The number of hydrogen-bond donors (Lipinski definition) is 1. The lowest BCUT2D eigenvalue weighted by Crippen LogP contribution is -2.58. The number of amides is 1. The molecule has 2 atom stereocenters. The monoisotopic (exact) mass is 663 g/mol. The first kappa shape index (κ1) is 33.4. The number of anilines is 1. The van der Waals surface area contributed by atoms with Crippen LogP contribution in [0.1, 0.15) is 50.7 Å². The summed E-state index contributed by atoms with van der Waals surface area (Å²) < 4.78 is 73.2. The number of aromatic amines is 1. The molecule has 1 N–H and O–H groups in total. The summed E-state index contributed by atoms with van der Waals surface area (Å²) in [6.07, 6.45) is -1.52. The van der Waals surface area contributed by atoms with Gasteiger partial charge in [-0.25, -0.2) is 13.6 Å². The molecule has 6 rings (SSSR count). The smallest absolute Gasteiger partial charge is 0.352 e. The Hall–Kier alpha value is -3.94. The number of nitrogens with one attached hydrogen (secondary N) is 1. The molecule has 0 spiro atoms. The third kappa shape index (κ3) is 6.76. The maximum atomic E-state index is 14.6. The molecule has 1 amide bonds. The second-order valence-electron chi connectivity index (χ2n) is 11.7. The average molecular weight is 664 g/mol. The third-order valence-corrected chi connectivity index (χ3v) is 9.51. The van der Waals surface area contributed by atoms with E-state index in [-0.39, 0.29) is 70.3 Å². The van der Waals surface area contributed by atoms with Gasteiger partial charge in [-0.3, -0.25) is 14.2 Å². The van der Waals surface area contributed by atoms with Crippen LogP contribution >= 0.6 is 11.8 Å². The fourth-order valence-corrected chi connectivity index (χ4v) is 7.57. The lowest BCUT2D eigenvalue weighted by molar-refractivity contribution is -0.138. The zero-order chi connectivity index (χ0) is 33.4. The molecule has 1 saturated heterocycles. The van der Waals surface area contributed by atoms with Crippen LogP contribution in [0.2, 0.25) is 0 Å². The number of thioether (sulfide) groups is 1. The molecule has 4 heterocycles. The highest BCUT2D eigenvalue weighted by atomic mass is 32.2. The number of pyridine rings is 1. The fourth-order valence-electron chi connectivity index (χ4n) is 6.36. The Morgan fingerprint density at radius 2 is 1.89 bits per heavy atom. The van der Waals surface area contributed by atoms with Crippen molar-refractivity contribution in [2.45, 2.75) is 75.2 Å². The summed E-state index contributed by atoms with van der Waals surface area (Å²) in [7, 11) is 0. The Balaban J connectivity index is 0.000000527. The van der Waals surface area contributed by atoms with Crippen molar-refractivity contribution in [3.8, 4) is 0 Å². The van der Waals surface area contributed by atoms with Gasteiger partial charge in [0.2, 0.25) is 11.5 Å². The van der Waals surface area contributed by atoms with Crippen LogP contribution < -0.4 is 16.1 Å². The SMILES string of the molecule is C=CC(=O)N1C(C)CN(c2nc(=O)n3c4c(c(C5=CCC(F)(F)CC5)c(C(F)(F)F)cc24)SCCC3)CC1C.O=c1cccc[nH]1. The van der Waals surface area contributed by atoms with Gasteiger partial charge in [0.1, 0.15) is 5.82 Å². The van der Waals surface area contributed by atoms with Crippen molar-refractivity contribution in [3.63, 3.8) is 0 Å². The van der Waals surface area contributed by atoms with E-state index in [1.807, 2.05) is 13.8 Å². The van der Waals surface area contributed by atoms with Gasteiger partial charge in [0.05, 0.1) is 11.1 Å². The first-order valence-electron chi connectivity index (χ1n) is 14.9. The molecular formula is C32H34F5N5O3S. The third-order valence-electron chi connectivity index (χ3n) is 8.33. The highest BCUT2D eigenvalue weighted by Crippen LogP contribution is 2.49. The zero-order valence-corrected chi connectivity index (χ0v) is 26.2. The van der Waals surface area contributed by atoms with Gasteiger partial charge in [0.25, 0.3) is 5.92 Å². The number of allylic oxidation sites excluding steroid dienone is 2. The van der Waals surface area contributed by atoms with Gasteiger partial charge in [0, 0.05) is 72.7 Å². The van der Waals surface area contributed by atoms with Crippen LogP contribution in [0.3, 0.4) is 0 Å². The molecular weight excluding hydrogens is 629 g/mol. The fraction of sp³-hybridized carbons (Fsp3) is 0.438. The van der Waals surface area contributed by atoms with Crippen LogP contribution in [0.4, 0.5) is 27.8 Å². The van der Waals surface area contributed by atoms with E-state index < -0.39 is 36.2 Å². The van der Waals surface area contributed by atoms with E-state index in [0.29, 0.717) is 24.2 Å². The summed E-state index contributed by atoms with van der Waals surface area (Å²) in [4.78, 5) is 46.4. The highest BCUT2D eigenvalue weighted by molar-refractivity contribution is 7.99. The number of carbonyl (C=O) groups is 1. The molecule has 46 heavy (non-hydrogen) atoms. The Morgan fingerprint density at radius 1 is 1.17 bits per heavy atom. The van der Waals surface area contributed by atoms with E-state index in [1.165, 1.54) is 34.5 Å². The van der Waals surface area contributed by atoms with E-state index in [4.69, 9.17) is 0 Å². The van der Waals surface area contributed by atoms with Crippen LogP contribution in [0, 0.1) is 0 Å². The molecule has 8 nitrogen and oxygen atoms in total. The van der Waals surface area contributed by atoms with Crippen molar-refractivity contribution in [2.24, 2.45) is 0 Å². The quantitative estimate of drug-likeness (QED) is 0.269. The molecule has 1 fully saturated rings. The number of alkyl halides is 5. The molecule has 2 aromatic heterocycles. The minimum Gasteiger partial charge on any atom is -0.352 e. The van der Waals surface area contributed by atoms with Crippen molar-refractivity contribution in [2.75, 3.05) is 23.7 Å². The standard InChI is InChI=1S/C27H29F5N4O2S.C5H5NO/c1-4-20(37)36-15(2)13-34(14-16(36)3)24-18-12-19(27(30,31)32)21(17-6-8-26(28,29)9-7-17)23-22(18)35(25(38)33-24)10-5-11-39-23;7-5-3-1-2-4-6-5/h4,6,12,15-16H,1,5,7-11,13-14H2,2-3H3;1-4H,(H,6,7). The molecule has 0 saturated carbocycles. The second kappa shape index (κ2) is 13.0. The van der Waals surface area contributed by atoms with Crippen LogP contribution in [0.5, 0.6) is 0 Å². The van der Waals surface area contributed by atoms with E-state index >= 15 is 0 Å². The van der Waals surface area contributed by atoms with Gasteiger partial charge >= 0.3 is 11.9 Å². The Kier molecular flexibility index (Phi) is 9.48. The molecule has 3 aliphatic rings. The van der Waals surface area contributed by atoms with Gasteiger partial charge in [-0.2, -0.15) is 18.2 Å². The first-order valence-corrected chi connectivity index (χ1v) is 15.9. The zero-order valence-electron chi connectivity index (χ0n) is 25.4. The van der Waals surface area contributed by atoms with Crippen LogP contribution in [0.25, 0.3) is 16.5 Å². The predicted octanol–water partition coefficient (Wildman–Crippen LogP) is 6.10. The number of H-pyrrole nitrogens is 1. The summed E-state index contributed by atoms with van der Waals surface area (Å²) >= 11 is 1.23. The van der Waals surface area contributed by atoms with Crippen molar-refractivity contribution in [1.29, 1.82) is 0 Å². The lowest BCUT2D eigenvalue weighted by Gasteiger charge is -2.44. The van der Waals surface area contributed by atoms with Gasteiger partial charge in [-0.15, -0.1) is 11.8 Å². The highest BCUT2D eigenvalue weighted by Gasteiger charge is 2.41. The summed E-state index contributed by atoms with van der Waals surface area (Å²) in [5, 5.41) is 0.194. The molecule has 0 radical (unpaired) electrons. The Labute approximate surface area is 266 Å². The number of aromatic nitrogens is 3. The normalized spacial score (nSPS) is 21.2. The first-order chi connectivity index (χ1) is 21.7. The predicted molar refractivity (Wildman–Crippen MR) is 168 cm³/mol. The van der Waals surface area contributed by atoms with Gasteiger partial charge in [0.15, 0.2) is 0 Å². The summed E-state index contributed by atoms with van der Waals surface area (Å²) in [5.74, 6) is -2.59. The Bertz CT molecular complexity index is 1770. The number of nitrogens with zero attached hydrogens (tertiary/aromatic N) is 4. The molecule has 1 aliphatic carbocycles. The van der Waals surface area contributed by atoms with Crippen molar-refractivity contribution in [3.05, 3.63) is 81.2 Å². The maximum Gasteiger partial charge on any atom is 0.417 e. The summed E-state index contributed by atoms with van der Waals surface area (Å²) in [5.41, 5.74) is -1.05. The maximum absolute atomic E-state index is 14.6. The number of benzene rings is 1. The molecule has 14 heteroatoms. The van der Waals surface area contributed by atoms with Gasteiger partial charge in [-0.05, 0) is 56.2 Å². The number of hydrogen-bond acceptors (Lipinski definition) is 6. The van der Waals surface area contributed by atoms with E-state index in [2.05, 4.69) is 16.5 Å². The van der Waals surface area contributed by atoms with Crippen molar-refractivity contribution in [1.82, 2.24) is 19.4 Å². The number of carbonyl (C=O) groups excluding carboxylic acids is 1. The largest absolute Gasteiger partial charge is 0.417 e. The number of halogens is 5. The summed E-state index contributed by atoms with van der Waals surface area (Å²) in [6, 6.07) is 5.35.